The fourth-order valence-corrected chi connectivity index (χ4v) is 3.93. The Morgan fingerprint density at radius 3 is 2.58 bits per heavy atom. The van der Waals surface area contributed by atoms with Crippen LogP contribution >= 0.6 is 11.6 Å². The third kappa shape index (κ3) is 2.75. The Bertz CT molecular complexity index is 995. The number of nitrogens with zero attached hydrogens (tertiary/aromatic N) is 2. The van der Waals surface area contributed by atoms with Crippen LogP contribution in [-0.4, -0.2) is 28.9 Å². The smallest absolute Gasteiger partial charge is 0.256 e. The minimum atomic E-state index is -0.508. The molecule has 5 heteroatoms. The number of likely N-dealkylation sites (tertiary alicyclic amines) is 1. The van der Waals surface area contributed by atoms with Crippen LogP contribution in [0.4, 0.5) is 0 Å². The van der Waals surface area contributed by atoms with E-state index in [4.69, 9.17) is 11.6 Å². The van der Waals surface area contributed by atoms with Crippen molar-refractivity contribution in [3.05, 3.63) is 70.9 Å². The molecule has 4 nitrogen and oxygen atoms in total. The van der Waals surface area contributed by atoms with Crippen LogP contribution in [-0.2, 0) is 5.41 Å². The summed E-state index contributed by atoms with van der Waals surface area (Å²) in [5, 5.41) is 11.3. The Morgan fingerprint density at radius 1 is 1.15 bits per heavy atom. The molecule has 0 atom stereocenters. The van der Waals surface area contributed by atoms with Crippen LogP contribution in [0.3, 0.4) is 0 Å². The average molecular weight is 364 g/mol. The number of benzene rings is 2. The van der Waals surface area contributed by atoms with Crippen LogP contribution < -0.4 is 0 Å². The largest absolute Gasteiger partial charge is 0.360 e. The molecule has 2 heterocycles. The average Bonchev–Trinajstić information content (AvgIpc) is 3.11. The van der Waals surface area contributed by atoms with Gasteiger partial charge in [0.2, 0.25) is 0 Å². The third-order valence-corrected chi connectivity index (χ3v) is 5.55. The molecule has 1 aliphatic rings. The van der Waals surface area contributed by atoms with Gasteiger partial charge < -0.3 is 9.88 Å². The highest BCUT2D eigenvalue weighted by Crippen LogP contribution is 2.35. The van der Waals surface area contributed by atoms with Crippen molar-refractivity contribution in [3.8, 4) is 6.07 Å². The van der Waals surface area contributed by atoms with Gasteiger partial charge in [0, 0.05) is 35.2 Å². The lowest BCUT2D eigenvalue weighted by atomic mass is 9.74. The highest BCUT2D eigenvalue weighted by atomic mass is 35.5. The molecule has 1 N–H and O–H groups in total. The van der Waals surface area contributed by atoms with Crippen molar-refractivity contribution in [1.82, 2.24) is 9.88 Å². The second-order valence-electron chi connectivity index (χ2n) is 6.74. The van der Waals surface area contributed by atoms with Crippen molar-refractivity contribution < 1.29 is 4.79 Å². The fraction of sp³-hybridized carbons (Fsp3) is 0.238. The quantitative estimate of drug-likeness (QED) is 0.727. The monoisotopic (exact) mass is 363 g/mol. The van der Waals surface area contributed by atoms with Gasteiger partial charge in [-0.1, -0.05) is 48.0 Å². The third-order valence-electron chi connectivity index (χ3n) is 5.32. The molecule has 1 fully saturated rings. The summed E-state index contributed by atoms with van der Waals surface area (Å²) in [4.78, 5) is 17.9. The molecule has 0 radical (unpaired) electrons. The normalized spacial score (nSPS) is 16.4. The zero-order chi connectivity index (χ0) is 18.1. The molecule has 3 aromatic rings. The van der Waals surface area contributed by atoms with Gasteiger partial charge in [0.15, 0.2) is 0 Å². The van der Waals surface area contributed by atoms with Crippen LogP contribution in [0.5, 0.6) is 0 Å². The summed E-state index contributed by atoms with van der Waals surface area (Å²) in [5.41, 5.74) is 2.04. The number of H-pyrrole nitrogens is 1. The van der Waals surface area contributed by atoms with Crippen molar-refractivity contribution in [3.63, 3.8) is 0 Å². The number of nitriles is 1. The molecule has 1 amide bonds. The standard InChI is InChI=1S/C21H18ClN3O/c22-16-6-7-17-18(13-24-19(17)12-16)20(26)25-10-8-21(14-23,9-11-25)15-4-2-1-3-5-15/h1-7,12-13,24H,8-11H2. The molecule has 0 unspecified atom stereocenters. The molecule has 0 aliphatic carbocycles. The highest BCUT2D eigenvalue weighted by molar-refractivity contribution is 6.31. The van der Waals surface area contributed by atoms with Crippen molar-refractivity contribution >= 4 is 28.4 Å². The van der Waals surface area contributed by atoms with Gasteiger partial charge in [0.1, 0.15) is 0 Å². The summed E-state index contributed by atoms with van der Waals surface area (Å²) < 4.78 is 0. The highest BCUT2D eigenvalue weighted by Gasteiger charge is 2.38. The first kappa shape index (κ1) is 16.7. The summed E-state index contributed by atoms with van der Waals surface area (Å²) in [6.07, 6.45) is 3.04. The maximum Gasteiger partial charge on any atom is 0.256 e. The zero-order valence-electron chi connectivity index (χ0n) is 14.2. The number of carbonyl (C=O) groups is 1. The van der Waals surface area contributed by atoms with Gasteiger partial charge in [-0.25, -0.2) is 0 Å². The van der Waals surface area contributed by atoms with Crippen molar-refractivity contribution in [2.75, 3.05) is 13.1 Å². The Kier molecular flexibility index (Phi) is 4.18. The molecular weight excluding hydrogens is 346 g/mol. The fourth-order valence-electron chi connectivity index (χ4n) is 3.76. The Morgan fingerprint density at radius 2 is 1.88 bits per heavy atom. The minimum Gasteiger partial charge on any atom is -0.360 e. The van der Waals surface area contributed by atoms with Gasteiger partial charge in [-0.05, 0) is 30.5 Å². The molecule has 0 saturated carbocycles. The molecule has 0 bridgehead atoms. The number of amides is 1. The van der Waals surface area contributed by atoms with E-state index in [0.717, 1.165) is 16.5 Å². The summed E-state index contributed by atoms with van der Waals surface area (Å²) >= 11 is 6.02. The second-order valence-corrected chi connectivity index (χ2v) is 7.18. The van der Waals surface area contributed by atoms with E-state index in [-0.39, 0.29) is 5.91 Å². The van der Waals surface area contributed by atoms with Gasteiger partial charge in [-0.3, -0.25) is 4.79 Å². The van der Waals surface area contributed by atoms with Crippen LogP contribution in [0.25, 0.3) is 10.9 Å². The van der Waals surface area contributed by atoms with Gasteiger partial charge in [0.05, 0.1) is 17.0 Å². The number of fused-ring (bicyclic) bond motifs is 1. The number of nitrogens with one attached hydrogen (secondary N) is 1. The summed E-state index contributed by atoms with van der Waals surface area (Å²) in [6.45, 7) is 1.14. The van der Waals surface area contributed by atoms with Gasteiger partial charge >= 0.3 is 0 Å². The molecule has 1 aliphatic heterocycles. The van der Waals surface area contributed by atoms with Crippen LogP contribution in [0, 0.1) is 11.3 Å². The first-order valence-electron chi connectivity index (χ1n) is 8.66. The Hall–Kier alpha value is -2.77. The number of aromatic amines is 1. The Labute approximate surface area is 157 Å². The van der Waals surface area contributed by atoms with Crippen molar-refractivity contribution in [2.45, 2.75) is 18.3 Å². The molecule has 26 heavy (non-hydrogen) atoms. The van der Waals surface area contributed by atoms with Crippen LogP contribution in [0.1, 0.15) is 28.8 Å². The predicted octanol–water partition coefficient (Wildman–Crippen LogP) is 4.52. The SMILES string of the molecule is N#CC1(c2ccccc2)CCN(C(=O)c2c[nH]c3cc(Cl)ccc23)CC1. The number of halogens is 1. The van der Waals surface area contributed by atoms with E-state index in [1.165, 1.54) is 0 Å². The molecule has 2 aromatic carbocycles. The van der Waals surface area contributed by atoms with E-state index in [1.54, 1.807) is 12.3 Å². The second kappa shape index (κ2) is 6.51. The van der Waals surface area contributed by atoms with Gasteiger partial charge in [-0.15, -0.1) is 0 Å². The van der Waals surface area contributed by atoms with Crippen LogP contribution in [0.15, 0.2) is 54.7 Å². The van der Waals surface area contributed by atoms with E-state index in [0.29, 0.717) is 36.5 Å². The van der Waals surface area contributed by atoms with Gasteiger partial charge in [0.25, 0.3) is 5.91 Å². The van der Waals surface area contributed by atoms with Gasteiger partial charge in [-0.2, -0.15) is 5.26 Å². The first-order valence-corrected chi connectivity index (χ1v) is 9.03. The lowest BCUT2D eigenvalue weighted by Crippen LogP contribution is -2.44. The van der Waals surface area contributed by atoms with E-state index < -0.39 is 5.41 Å². The lowest BCUT2D eigenvalue weighted by molar-refractivity contribution is 0.0694. The number of rotatable bonds is 2. The topological polar surface area (TPSA) is 59.9 Å². The number of carbonyl (C=O) groups excluding carboxylic acids is 1. The minimum absolute atomic E-state index is 0.00169. The molecule has 4 rings (SSSR count). The summed E-state index contributed by atoms with van der Waals surface area (Å²) in [7, 11) is 0. The Balaban J connectivity index is 1.56. The number of aromatic nitrogens is 1. The van der Waals surface area contributed by atoms with Crippen LogP contribution in [0.2, 0.25) is 5.02 Å². The number of hydrogen-bond donors (Lipinski definition) is 1. The van der Waals surface area contributed by atoms with E-state index >= 15 is 0 Å². The predicted molar refractivity (Wildman–Crippen MR) is 102 cm³/mol. The van der Waals surface area contributed by atoms with E-state index in [9.17, 15) is 10.1 Å². The first-order chi connectivity index (χ1) is 12.6. The lowest BCUT2D eigenvalue weighted by Gasteiger charge is -2.37. The molecule has 1 aromatic heterocycles. The van der Waals surface area contributed by atoms with E-state index in [2.05, 4.69) is 11.1 Å². The van der Waals surface area contributed by atoms with Crippen molar-refractivity contribution in [1.29, 1.82) is 5.26 Å². The molecule has 1 saturated heterocycles. The number of piperidine rings is 1. The molecule has 130 valence electrons. The van der Waals surface area contributed by atoms with Crippen molar-refractivity contribution in [2.24, 2.45) is 0 Å². The molecule has 0 spiro atoms. The van der Waals surface area contributed by atoms with E-state index in [1.807, 2.05) is 47.4 Å². The summed E-state index contributed by atoms with van der Waals surface area (Å²) in [5.74, 6) is -0.00169. The maximum atomic E-state index is 13.0. The number of hydrogen-bond acceptors (Lipinski definition) is 2. The summed E-state index contributed by atoms with van der Waals surface area (Å²) in [6, 6.07) is 17.9. The zero-order valence-corrected chi connectivity index (χ0v) is 15.0. The molecular formula is C21H18ClN3O. The maximum absolute atomic E-state index is 13.0.